The minimum atomic E-state index is -0.391. The number of rotatable bonds is 4. The first-order chi connectivity index (χ1) is 9.02. The van der Waals surface area contributed by atoms with Crippen molar-refractivity contribution in [2.24, 2.45) is 5.92 Å². The van der Waals surface area contributed by atoms with E-state index in [1.807, 2.05) is 16.7 Å². The van der Waals surface area contributed by atoms with Gasteiger partial charge in [-0.25, -0.2) is 9.78 Å². The lowest BCUT2D eigenvalue weighted by Gasteiger charge is -2.11. The number of anilines is 1. The number of carbonyl (C=O) groups excluding carboxylic acids is 1. The van der Waals surface area contributed by atoms with Crippen LogP contribution in [0.4, 0.5) is 5.69 Å². The highest BCUT2D eigenvalue weighted by Crippen LogP contribution is 2.21. The zero-order valence-electron chi connectivity index (χ0n) is 11.5. The van der Waals surface area contributed by atoms with Crippen LogP contribution in [0.15, 0.2) is 18.2 Å². The summed E-state index contributed by atoms with van der Waals surface area (Å²) in [4.78, 5) is 16.3. The normalized spacial score (nSPS) is 11.2. The molecule has 0 amide bonds. The molecule has 1 aromatic heterocycles. The molecule has 0 bridgehead atoms. The molecule has 2 rings (SSSR count). The summed E-state index contributed by atoms with van der Waals surface area (Å²) in [6.45, 7) is 7.01. The number of nitrogen functional groups attached to an aromatic ring is 1. The number of hydrogen-bond donors (Lipinski definition) is 1. The van der Waals surface area contributed by atoms with Crippen LogP contribution in [0.1, 0.15) is 31.4 Å². The quantitative estimate of drug-likeness (QED) is 0.678. The monoisotopic (exact) mass is 261 g/mol. The highest BCUT2D eigenvalue weighted by atomic mass is 16.5. The molecule has 0 unspecified atom stereocenters. The molecule has 0 spiro atoms. The Hall–Kier alpha value is -2.04. The van der Waals surface area contributed by atoms with Gasteiger partial charge in [-0.1, -0.05) is 13.8 Å². The molecule has 19 heavy (non-hydrogen) atoms. The number of benzene rings is 1. The van der Waals surface area contributed by atoms with Crippen LogP contribution in [0.5, 0.6) is 0 Å². The third-order valence-corrected chi connectivity index (χ3v) is 2.78. The molecule has 102 valence electrons. The SMILES string of the molecule is CCOC(=O)c1nc2ccc(N)cc2n1CC(C)C. The molecule has 0 atom stereocenters. The fourth-order valence-corrected chi connectivity index (χ4v) is 2.04. The molecule has 0 aliphatic heterocycles. The third kappa shape index (κ3) is 2.70. The summed E-state index contributed by atoms with van der Waals surface area (Å²) < 4.78 is 6.94. The zero-order valence-corrected chi connectivity index (χ0v) is 11.5. The van der Waals surface area contributed by atoms with E-state index in [0.29, 0.717) is 30.6 Å². The number of nitrogens with two attached hydrogens (primary N) is 1. The standard InChI is InChI=1S/C14H19N3O2/c1-4-19-14(18)13-16-11-6-5-10(15)7-12(11)17(13)8-9(2)3/h5-7,9H,4,8,15H2,1-3H3. The van der Waals surface area contributed by atoms with Gasteiger partial charge in [-0.2, -0.15) is 0 Å². The topological polar surface area (TPSA) is 70.1 Å². The predicted octanol–water partition coefficient (Wildman–Crippen LogP) is 2.45. The number of aromatic nitrogens is 2. The van der Waals surface area contributed by atoms with E-state index in [1.165, 1.54) is 0 Å². The fraction of sp³-hybridized carbons (Fsp3) is 0.429. The lowest BCUT2D eigenvalue weighted by atomic mass is 10.2. The molecular formula is C14H19N3O2. The van der Waals surface area contributed by atoms with Crippen molar-refractivity contribution >= 4 is 22.7 Å². The Morgan fingerprint density at radius 3 is 2.84 bits per heavy atom. The molecule has 0 aliphatic carbocycles. The van der Waals surface area contributed by atoms with Crippen molar-refractivity contribution in [3.05, 3.63) is 24.0 Å². The molecule has 0 radical (unpaired) electrons. The number of nitrogens with zero attached hydrogens (tertiary/aromatic N) is 2. The summed E-state index contributed by atoms with van der Waals surface area (Å²) in [7, 11) is 0. The Balaban J connectivity index is 2.58. The highest BCUT2D eigenvalue weighted by Gasteiger charge is 2.19. The number of hydrogen-bond acceptors (Lipinski definition) is 4. The molecule has 1 heterocycles. The van der Waals surface area contributed by atoms with Crippen molar-refractivity contribution in [3.63, 3.8) is 0 Å². The maximum Gasteiger partial charge on any atom is 0.374 e. The molecule has 0 fully saturated rings. The summed E-state index contributed by atoms with van der Waals surface area (Å²) in [5.41, 5.74) is 8.10. The van der Waals surface area contributed by atoms with E-state index in [1.54, 1.807) is 13.0 Å². The number of esters is 1. The summed E-state index contributed by atoms with van der Waals surface area (Å²) in [6.07, 6.45) is 0. The van der Waals surface area contributed by atoms with Gasteiger partial charge in [0.1, 0.15) is 0 Å². The van der Waals surface area contributed by atoms with Crippen LogP contribution in [0.3, 0.4) is 0 Å². The minimum Gasteiger partial charge on any atom is -0.460 e. The van der Waals surface area contributed by atoms with Crippen LogP contribution < -0.4 is 5.73 Å². The largest absolute Gasteiger partial charge is 0.460 e. The Bertz CT molecular complexity index is 602. The molecule has 0 aliphatic rings. The molecule has 0 saturated carbocycles. The van der Waals surface area contributed by atoms with Gasteiger partial charge in [0.2, 0.25) is 5.82 Å². The second-order valence-corrected chi connectivity index (χ2v) is 4.91. The number of fused-ring (bicyclic) bond motifs is 1. The van der Waals surface area contributed by atoms with E-state index in [9.17, 15) is 4.79 Å². The van der Waals surface area contributed by atoms with Gasteiger partial charge in [-0.15, -0.1) is 0 Å². The first-order valence-corrected chi connectivity index (χ1v) is 6.45. The smallest absolute Gasteiger partial charge is 0.374 e. The maximum absolute atomic E-state index is 12.0. The van der Waals surface area contributed by atoms with E-state index in [-0.39, 0.29) is 0 Å². The predicted molar refractivity (Wildman–Crippen MR) is 74.9 cm³/mol. The van der Waals surface area contributed by atoms with Crippen molar-refractivity contribution < 1.29 is 9.53 Å². The minimum absolute atomic E-state index is 0.339. The van der Waals surface area contributed by atoms with E-state index < -0.39 is 5.97 Å². The Morgan fingerprint density at radius 2 is 2.21 bits per heavy atom. The second-order valence-electron chi connectivity index (χ2n) is 4.91. The van der Waals surface area contributed by atoms with Crippen molar-refractivity contribution in [3.8, 4) is 0 Å². The van der Waals surface area contributed by atoms with Crippen molar-refractivity contribution in [1.82, 2.24) is 9.55 Å². The second kappa shape index (κ2) is 5.30. The van der Waals surface area contributed by atoms with Gasteiger partial charge in [0.25, 0.3) is 0 Å². The van der Waals surface area contributed by atoms with Crippen LogP contribution in [0.25, 0.3) is 11.0 Å². The first-order valence-electron chi connectivity index (χ1n) is 6.45. The molecule has 5 heteroatoms. The Labute approximate surface area is 112 Å². The molecule has 5 nitrogen and oxygen atoms in total. The molecule has 2 N–H and O–H groups in total. The first kappa shape index (κ1) is 13.4. The van der Waals surface area contributed by atoms with E-state index in [0.717, 1.165) is 11.0 Å². The van der Waals surface area contributed by atoms with Gasteiger partial charge in [-0.05, 0) is 31.0 Å². The van der Waals surface area contributed by atoms with Gasteiger partial charge in [0.15, 0.2) is 0 Å². The summed E-state index contributed by atoms with van der Waals surface area (Å²) >= 11 is 0. The van der Waals surface area contributed by atoms with Crippen LogP contribution >= 0.6 is 0 Å². The molecule has 2 aromatic rings. The number of imidazole rings is 1. The van der Waals surface area contributed by atoms with Crippen molar-refractivity contribution in [2.45, 2.75) is 27.3 Å². The highest BCUT2D eigenvalue weighted by molar-refractivity contribution is 5.91. The van der Waals surface area contributed by atoms with Crippen LogP contribution in [0, 0.1) is 5.92 Å². The van der Waals surface area contributed by atoms with Crippen LogP contribution in [-0.4, -0.2) is 22.1 Å². The van der Waals surface area contributed by atoms with Crippen LogP contribution in [-0.2, 0) is 11.3 Å². The van der Waals surface area contributed by atoms with Gasteiger partial charge < -0.3 is 15.0 Å². The fourth-order valence-electron chi connectivity index (χ4n) is 2.04. The van der Waals surface area contributed by atoms with E-state index in [2.05, 4.69) is 18.8 Å². The summed E-state index contributed by atoms with van der Waals surface area (Å²) in [6, 6.07) is 5.45. The third-order valence-electron chi connectivity index (χ3n) is 2.78. The van der Waals surface area contributed by atoms with Crippen LogP contribution in [0.2, 0.25) is 0 Å². The van der Waals surface area contributed by atoms with Crippen molar-refractivity contribution in [2.75, 3.05) is 12.3 Å². The van der Waals surface area contributed by atoms with E-state index in [4.69, 9.17) is 10.5 Å². The van der Waals surface area contributed by atoms with Gasteiger partial charge in [-0.3, -0.25) is 0 Å². The number of ether oxygens (including phenoxy) is 1. The number of carbonyl (C=O) groups is 1. The molecule has 0 saturated heterocycles. The van der Waals surface area contributed by atoms with E-state index >= 15 is 0 Å². The molecule has 1 aromatic carbocycles. The Morgan fingerprint density at radius 1 is 1.47 bits per heavy atom. The average molecular weight is 261 g/mol. The summed E-state index contributed by atoms with van der Waals surface area (Å²) in [5.74, 6) is 0.348. The lowest BCUT2D eigenvalue weighted by Crippen LogP contribution is -2.15. The maximum atomic E-state index is 12.0. The lowest BCUT2D eigenvalue weighted by molar-refractivity contribution is 0.0506. The Kier molecular flexibility index (Phi) is 3.74. The van der Waals surface area contributed by atoms with Crippen molar-refractivity contribution in [1.29, 1.82) is 0 Å². The van der Waals surface area contributed by atoms with Gasteiger partial charge >= 0.3 is 5.97 Å². The summed E-state index contributed by atoms with van der Waals surface area (Å²) in [5, 5.41) is 0. The molecular weight excluding hydrogens is 242 g/mol. The van der Waals surface area contributed by atoms with Gasteiger partial charge in [0.05, 0.1) is 17.6 Å². The average Bonchev–Trinajstić information content (AvgIpc) is 2.67. The zero-order chi connectivity index (χ0) is 14.0. The van der Waals surface area contributed by atoms with Gasteiger partial charge in [0, 0.05) is 12.2 Å².